The zero-order valence-corrected chi connectivity index (χ0v) is 22.0. The van der Waals surface area contributed by atoms with Gasteiger partial charge in [-0.3, -0.25) is 4.79 Å². The van der Waals surface area contributed by atoms with Crippen LogP contribution in [0.25, 0.3) is 11.0 Å². The molecule has 38 heavy (non-hydrogen) atoms. The number of halogens is 3. The second-order valence-corrected chi connectivity index (χ2v) is 11.1. The topological polar surface area (TPSA) is 94.5 Å². The molecule has 11 heteroatoms. The lowest BCUT2D eigenvalue weighted by Crippen LogP contribution is -2.72. The first kappa shape index (κ1) is 26.1. The molecule has 3 aromatic rings. The number of nitrogens with zero attached hydrogens (tertiary/aromatic N) is 5. The molecule has 2 aliphatic rings. The standard InChI is InChI=1S/C27H31F3N6O2/c1-15(19-7-6-8-21(22(19)28)27(29,30)25(4,5)38)32-24-20-9-18(10-31-23(20)33-16(2)34-24)36-13-26(14-36)11-35(12-26)17(3)37/h6-10,15,38H,11-14H2,1-5H3,(H,31,32,33,34)/t15-/m1/s1. The van der Waals surface area contributed by atoms with Crippen LogP contribution in [0.3, 0.4) is 0 Å². The van der Waals surface area contributed by atoms with Crippen LogP contribution < -0.4 is 10.2 Å². The molecule has 0 aliphatic carbocycles. The monoisotopic (exact) mass is 528 g/mol. The molecule has 4 heterocycles. The highest BCUT2D eigenvalue weighted by Gasteiger charge is 2.52. The summed E-state index contributed by atoms with van der Waals surface area (Å²) < 4.78 is 44.9. The molecule has 2 aromatic heterocycles. The summed E-state index contributed by atoms with van der Waals surface area (Å²) in [6.07, 6.45) is 1.75. The van der Waals surface area contributed by atoms with Crippen molar-refractivity contribution in [3.63, 3.8) is 0 Å². The summed E-state index contributed by atoms with van der Waals surface area (Å²) in [5.41, 5.74) is -1.83. The average molecular weight is 529 g/mol. The molecular weight excluding hydrogens is 497 g/mol. The normalized spacial score (nSPS) is 17.8. The van der Waals surface area contributed by atoms with Gasteiger partial charge in [0.05, 0.1) is 28.9 Å². The Morgan fingerprint density at radius 2 is 1.87 bits per heavy atom. The molecule has 2 saturated heterocycles. The first-order valence-electron chi connectivity index (χ1n) is 12.5. The second-order valence-electron chi connectivity index (χ2n) is 11.1. The first-order chi connectivity index (χ1) is 17.7. The minimum Gasteiger partial charge on any atom is -0.384 e. The maximum absolute atomic E-state index is 15.4. The number of carbonyl (C=O) groups excluding carboxylic acids is 1. The molecule has 8 nitrogen and oxygen atoms in total. The van der Waals surface area contributed by atoms with E-state index in [0.29, 0.717) is 22.7 Å². The number of rotatable bonds is 6. The van der Waals surface area contributed by atoms with Crippen LogP contribution in [-0.4, -0.2) is 62.6 Å². The Hall–Kier alpha value is -3.47. The maximum atomic E-state index is 15.4. The Kier molecular flexibility index (Phi) is 6.05. The fraction of sp³-hybridized carbons (Fsp3) is 0.481. The SMILES string of the molecule is CC(=O)N1CC2(C1)CN(c1cnc3nc(C)nc(N[C@H](C)c4cccc(C(F)(F)C(C)(C)O)c4F)c3c1)C2. The third-order valence-electron chi connectivity index (χ3n) is 7.52. The number of aromatic nitrogens is 3. The molecule has 2 N–H and O–H groups in total. The molecular formula is C27H31F3N6O2. The number of likely N-dealkylation sites (tertiary alicyclic amines) is 1. The highest BCUT2D eigenvalue weighted by molar-refractivity contribution is 5.89. The summed E-state index contributed by atoms with van der Waals surface area (Å²) in [5, 5.41) is 13.7. The Balaban J connectivity index is 1.41. The number of amides is 1. The van der Waals surface area contributed by atoms with E-state index >= 15 is 4.39 Å². The minimum absolute atomic E-state index is 0.0182. The van der Waals surface area contributed by atoms with Crippen LogP contribution >= 0.6 is 0 Å². The summed E-state index contributed by atoms with van der Waals surface area (Å²) in [4.78, 5) is 29.0. The number of hydrogen-bond acceptors (Lipinski definition) is 7. The highest BCUT2D eigenvalue weighted by Crippen LogP contribution is 2.43. The lowest BCUT2D eigenvalue weighted by molar-refractivity contribution is -0.170. The number of aliphatic hydroxyl groups is 1. The molecule has 0 bridgehead atoms. The molecule has 0 unspecified atom stereocenters. The van der Waals surface area contributed by atoms with Crippen molar-refractivity contribution in [1.29, 1.82) is 0 Å². The zero-order valence-electron chi connectivity index (χ0n) is 22.0. The molecule has 2 aliphatic heterocycles. The van der Waals surface area contributed by atoms with E-state index in [2.05, 4.69) is 25.2 Å². The number of hydrogen-bond donors (Lipinski definition) is 2. The number of anilines is 2. The van der Waals surface area contributed by atoms with Crippen molar-refractivity contribution < 1.29 is 23.1 Å². The second kappa shape index (κ2) is 8.79. The lowest BCUT2D eigenvalue weighted by Gasteiger charge is -2.60. The molecule has 1 spiro atoms. The van der Waals surface area contributed by atoms with Gasteiger partial charge in [0.1, 0.15) is 23.1 Å². The van der Waals surface area contributed by atoms with E-state index in [4.69, 9.17) is 0 Å². The number of benzene rings is 1. The van der Waals surface area contributed by atoms with Crippen molar-refractivity contribution in [2.75, 3.05) is 36.4 Å². The van der Waals surface area contributed by atoms with E-state index in [9.17, 15) is 18.7 Å². The van der Waals surface area contributed by atoms with Crippen molar-refractivity contribution in [2.45, 2.75) is 52.2 Å². The molecule has 5 rings (SSSR count). The number of alkyl halides is 2. The van der Waals surface area contributed by atoms with Crippen LogP contribution in [0, 0.1) is 18.2 Å². The van der Waals surface area contributed by atoms with Gasteiger partial charge < -0.3 is 20.2 Å². The third kappa shape index (κ3) is 4.32. The van der Waals surface area contributed by atoms with Crippen molar-refractivity contribution in [3.05, 3.63) is 53.2 Å². The average Bonchev–Trinajstić information content (AvgIpc) is 2.76. The van der Waals surface area contributed by atoms with Gasteiger partial charge >= 0.3 is 5.92 Å². The van der Waals surface area contributed by atoms with Gasteiger partial charge in [-0.1, -0.05) is 12.1 Å². The van der Waals surface area contributed by atoms with Gasteiger partial charge in [-0.25, -0.2) is 19.3 Å². The van der Waals surface area contributed by atoms with E-state index in [1.807, 2.05) is 11.0 Å². The smallest absolute Gasteiger partial charge is 0.303 e. The zero-order chi connectivity index (χ0) is 27.6. The third-order valence-corrected chi connectivity index (χ3v) is 7.52. The molecule has 0 radical (unpaired) electrons. The number of nitrogens with one attached hydrogen (secondary N) is 1. The van der Waals surface area contributed by atoms with E-state index in [1.165, 1.54) is 12.1 Å². The van der Waals surface area contributed by atoms with E-state index < -0.39 is 28.9 Å². The van der Waals surface area contributed by atoms with Gasteiger partial charge in [0.2, 0.25) is 5.91 Å². The van der Waals surface area contributed by atoms with Crippen molar-refractivity contribution >= 4 is 28.4 Å². The van der Waals surface area contributed by atoms with Gasteiger partial charge in [-0.2, -0.15) is 8.78 Å². The van der Waals surface area contributed by atoms with Crippen LogP contribution in [-0.2, 0) is 10.7 Å². The van der Waals surface area contributed by atoms with Gasteiger partial charge in [-0.05, 0) is 39.8 Å². The fourth-order valence-corrected chi connectivity index (χ4v) is 5.26. The number of aryl methyl sites for hydroxylation is 1. The predicted molar refractivity (Wildman–Crippen MR) is 138 cm³/mol. The Bertz CT molecular complexity index is 1410. The Morgan fingerprint density at radius 3 is 2.50 bits per heavy atom. The first-order valence-corrected chi connectivity index (χ1v) is 12.5. The van der Waals surface area contributed by atoms with Crippen molar-refractivity contribution in [3.8, 4) is 0 Å². The summed E-state index contributed by atoms with van der Waals surface area (Å²) in [5.74, 6) is -3.92. The summed E-state index contributed by atoms with van der Waals surface area (Å²) in [6, 6.07) is 4.96. The highest BCUT2D eigenvalue weighted by atomic mass is 19.3. The minimum atomic E-state index is -3.79. The fourth-order valence-electron chi connectivity index (χ4n) is 5.26. The number of pyridine rings is 1. The van der Waals surface area contributed by atoms with E-state index in [-0.39, 0.29) is 16.9 Å². The Labute approximate surface area is 218 Å². The maximum Gasteiger partial charge on any atom is 0.303 e. The van der Waals surface area contributed by atoms with Crippen LogP contribution in [0.5, 0.6) is 0 Å². The lowest BCUT2D eigenvalue weighted by atomic mass is 9.72. The van der Waals surface area contributed by atoms with Crippen LogP contribution in [0.1, 0.15) is 50.7 Å². The van der Waals surface area contributed by atoms with Gasteiger partial charge in [0, 0.05) is 44.1 Å². The molecule has 0 saturated carbocycles. The molecule has 1 aromatic carbocycles. The molecule has 1 atom stereocenters. The van der Waals surface area contributed by atoms with E-state index in [0.717, 1.165) is 51.8 Å². The summed E-state index contributed by atoms with van der Waals surface area (Å²) >= 11 is 0. The van der Waals surface area contributed by atoms with Gasteiger partial charge in [-0.15, -0.1) is 0 Å². The van der Waals surface area contributed by atoms with Crippen molar-refractivity contribution in [1.82, 2.24) is 19.9 Å². The molecule has 2 fully saturated rings. The quantitative estimate of drug-likeness (QED) is 0.496. The van der Waals surface area contributed by atoms with Crippen LogP contribution in [0.4, 0.5) is 24.7 Å². The number of carbonyl (C=O) groups is 1. The van der Waals surface area contributed by atoms with Crippen LogP contribution in [0.2, 0.25) is 0 Å². The summed E-state index contributed by atoms with van der Waals surface area (Å²) in [6.45, 7) is 9.97. The molecule has 1 amide bonds. The van der Waals surface area contributed by atoms with Crippen LogP contribution in [0.15, 0.2) is 30.5 Å². The van der Waals surface area contributed by atoms with Crippen molar-refractivity contribution in [2.24, 2.45) is 5.41 Å². The molecule has 202 valence electrons. The van der Waals surface area contributed by atoms with Gasteiger partial charge in [0.15, 0.2) is 5.65 Å². The van der Waals surface area contributed by atoms with Gasteiger partial charge in [0.25, 0.3) is 0 Å². The largest absolute Gasteiger partial charge is 0.384 e. The van der Waals surface area contributed by atoms with E-state index in [1.54, 1.807) is 27.0 Å². The summed E-state index contributed by atoms with van der Waals surface area (Å²) in [7, 11) is 0. The Morgan fingerprint density at radius 1 is 1.18 bits per heavy atom. The number of fused-ring (bicyclic) bond motifs is 1. The predicted octanol–water partition coefficient (Wildman–Crippen LogP) is 4.18.